The minimum Gasteiger partial charge on any atom is -0.306 e. The van der Waals surface area contributed by atoms with Gasteiger partial charge >= 0.3 is 0 Å². The van der Waals surface area contributed by atoms with E-state index in [1.165, 1.54) is 4.90 Å². The number of hydrogen-bond donors (Lipinski definition) is 0. The summed E-state index contributed by atoms with van der Waals surface area (Å²) >= 11 is 9.69. The lowest BCUT2D eigenvalue weighted by Crippen LogP contribution is -2.01. The first kappa shape index (κ1) is 16.6. The van der Waals surface area contributed by atoms with Gasteiger partial charge in [0.1, 0.15) is 11.5 Å². The molecule has 0 saturated carbocycles. The number of thioether (sulfide) groups is 2. The van der Waals surface area contributed by atoms with Gasteiger partial charge in [0, 0.05) is 27.6 Å². The van der Waals surface area contributed by atoms with Crippen LogP contribution in [0.25, 0.3) is 10.9 Å². The number of aromatic nitrogens is 4. The quantitative estimate of drug-likeness (QED) is 0.466. The minimum atomic E-state index is 0.336. The van der Waals surface area contributed by atoms with Crippen LogP contribution in [0.15, 0.2) is 40.6 Å². The Morgan fingerprint density at radius 2 is 2.09 bits per heavy atom. The fourth-order valence-corrected chi connectivity index (χ4v) is 3.97. The highest BCUT2D eigenvalue weighted by atomic mass is 35.5. The number of nitrogens with zero attached hydrogens (tertiary/aromatic N) is 4. The van der Waals surface area contributed by atoms with E-state index in [1.807, 2.05) is 0 Å². The molecule has 3 rings (SSSR count). The van der Waals surface area contributed by atoms with Crippen molar-refractivity contribution in [2.24, 2.45) is 0 Å². The lowest BCUT2D eigenvalue weighted by atomic mass is 10.2. The van der Waals surface area contributed by atoms with Crippen molar-refractivity contribution in [1.29, 1.82) is 0 Å². The molecule has 0 aliphatic rings. The number of pyridine rings is 1. The van der Waals surface area contributed by atoms with Crippen molar-refractivity contribution in [2.45, 2.75) is 35.7 Å². The summed E-state index contributed by atoms with van der Waals surface area (Å²) in [5, 5.41) is 10.7. The molecule has 0 spiro atoms. The van der Waals surface area contributed by atoms with Crippen molar-refractivity contribution in [2.75, 3.05) is 6.26 Å². The minimum absolute atomic E-state index is 0.336. The Hall–Kier alpha value is -1.24. The van der Waals surface area contributed by atoms with Gasteiger partial charge in [-0.1, -0.05) is 29.4 Å². The lowest BCUT2D eigenvalue weighted by molar-refractivity contribution is 0.549. The summed E-state index contributed by atoms with van der Waals surface area (Å²) in [6.45, 7) is 4.22. The average molecular weight is 365 g/mol. The highest BCUT2D eigenvalue weighted by Gasteiger charge is 2.11. The van der Waals surface area contributed by atoms with Gasteiger partial charge in [0.05, 0.1) is 5.52 Å². The van der Waals surface area contributed by atoms with Gasteiger partial charge in [0.25, 0.3) is 0 Å². The molecule has 7 heteroatoms. The standard InChI is InChI=1S/C16H17ClN4S2/c1-10(2)21-9-18-20-16(21)23-8-12-6-11-4-5-13(22-3)7-14(11)19-15(12)17/h4-7,9-10H,8H2,1-3H3. The molecule has 0 atom stereocenters. The fraction of sp³-hybridized carbons (Fsp3) is 0.312. The van der Waals surface area contributed by atoms with E-state index in [0.29, 0.717) is 11.2 Å². The summed E-state index contributed by atoms with van der Waals surface area (Å²) in [6, 6.07) is 8.71. The topological polar surface area (TPSA) is 43.6 Å². The maximum atomic E-state index is 6.37. The summed E-state index contributed by atoms with van der Waals surface area (Å²) in [4.78, 5) is 5.73. The Balaban J connectivity index is 1.85. The number of benzene rings is 1. The number of rotatable bonds is 5. The molecule has 2 heterocycles. The third-order valence-corrected chi connectivity index (χ3v) is 5.56. The van der Waals surface area contributed by atoms with Crippen LogP contribution in [-0.2, 0) is 5.75 Å². The molecule has 0 bridgehead atoms. The second-order valence-electron chi connectivity index (χ2n) is 5.40. The third-order valence-electron chi connectivity index (χ3n) is 3.50. The zero-order valence-corrected chi connectivity index (χ0v) is 15.5. The van der Waals surface area contributed by atoms with Gasteiger partial charge in [-0.2, -0.15) is 0 Å². The Bertz CT molecular complexity index is 832. The van der Waals surface area contributed by atoms with E-state index in [4.69, 9.17) is 11.6 Å². The smallest absolute Gasteiger partial charge is 0.191 e. The first-order valence-corrected chi connectivity index (χ1v) is 9.83. The molecule has 4 nitrogen and oxygen atoms in total. The van der Waals surface area contributed by atoms with Crippen LogP contribution in [-0.4, -0.2) is 26.0 Å². The average Bonchev–Trinajstić information content (AvgIpc) is 3.01. The molecule has 0 N–H and O–H groups in total. The maximum Gasteiger partial charge on any atom is 0.191 e. The van der Waals surface area contributed by atoms with Gasteiger partial charge in [0.15, 0.2) is 5.16 Å². The highest BCUT2D eigenvalue weighted by Crippen LogP contribution is 2.29. The van der Waals surface area contributed by atoms with Crippen molar-refractivity contribution in [3.8, 4) is 0 Å². The van der Waals surface area contributed by atoms with Gasteiger partial charge in [-0.25, -0.2) is 4.98 Å². The molecule has 2 aromatic heterocycles. The van der Waals surface area contributed by atoms with E-state index in [2.05, 4.69) is 64.1 Å². The molecule has 23 heavy (non-hydrogen) atoms. The number of halogens is 1. The van der Waals surface area contributed by atoms with E-state index in [9.17, 15) is 0 Å². The molecule has 0 radical (unpaired) electrons. The van der Waals surface area contributed by atoms with Crippen LogP contribution in [0.5, 0.6) is 0 Å². The van der Waals surface area contributed by atoms with Gasteiger partial charge < -0.3 is 4.57 Å². The Labute approximate surface area is 149 Å². The predicted molar refractivity (Wildman–Crippen MR) is 98.5 cm³/mol. The van der Waals surface area contributed by atoms with E-state index >= 15 is 0 Å². The molecule has 0 unspecified atom stereocenters. The second-order valence-corrected chi connectivity index (χ2v) is 7.58. The van der Waals surface area contributed by atoms with Crippen molar-refractivity contribution < 1.29 is 0 Å². The molecule has 0 saturated heterocycles. The van der Waals surface area contributed by atoms with Crippen LogP contribution < -0.4 is 0 Å². The lowest BCUT2D eigenvalue weighted by Gasteiger charge is -2.10. The molecule has 3 aromatic rings. The molecular weight excluding hydrogens is 348 g/mol. The van der Waals surface area contributed by atoms with Gasteiger partial charge in [-0.05, 0) is 38.3 Å². The summed E-state index contributed by atoms with van der Waals surface area (Å²) in [5.74, 6) is 0.720. The summed E-state index contributed by atoms with van der Waals surface area (Å²) in [5.41, 5.74) is 1.94. The van der Waals surface area contributed by atoms with Gasteiger partial charge in [0.2, 0.25) is 0 Å². The molecule has 0 fully saturated rings. The third kappa shape index (κ3) is 3.65. The van der Waals surface area contributed by atoms with Gasteiger partial charge in [-0.3, -0.25) is 0 Å². The van der Waals surface area contributed by atoms with Crippen LogP contribution in [0.3, 0.4) is 0 Å². The molecule has 0 aliphatic heterocycles. The monoisotopic (exact) mass is 364 g/mol. The van der Waals surface area contributed by atoms with Crippen LogP contribution >= 0.6 is 35.1 Å². The van der Waals surface area contributed by atoms with Crippen LogP contribution in [0.2, 0.25) is 5.15 Å². The summed E-state index contributed by atoms with van der Waals surface area (Å²) < 4.78 is 2.05. The largest absolute Gasteiger partial charge is 0.306 e. The normalized spacial score (nSPS) is 11.5. The summed E-state index contributed by atoms with van der Waals surface area (Å²) in [6.07, 6.45) is 3.82. The van der Waals surface area contributed by atoms with E-state index in [-0.39, 0.29) is 0 Å². The van der Waals surface area contributed by atoms with Crippen LogP contribution in [0.4, 0.5) is 0 Å². The zero-order valence-electron chi connectivity index (χ0n) is 13.2. The predicted octanol–water partition coefficient (Wildman–Crippen LogP) is 5.07. The van der Waals surface area contributed by atoms with Crippen LogP contribution in [0, 0.1) is 0 Å². The van der Waals surface area contributed by atoms with Crippen molar-refractivity contribution >= 4 is 46.0 Å². The Morgan fingerprint density at radius 3 is 2.83 bits per heavy atom. The van der Waals surface area contributed by atoms with Crippen LogP contribution in [0.1, 0.15) is 25.5 Å². The fourth-order valence-electron chi connectivity index (χ4n) is 2.23. The molecule has 0 amide bonds. The van der Waals surface area contributed by atoms with E-state index in [0.717, 1.165) is 27.4 Å². The van der Waals surface area contributed by atoms with E-state index in [1.54, 1.807) is 29.9 Å². The Kier molecular flexibility index (Phi) is 5.14. The summed E-state index contributed by atoms with van der Waals surface area (Å²) in [7, 11) is 0. The van der Waals surface area contributed by atoms with Crippen molar-refractivity contribution in [3.05, 3.63) is 41.3 Å². The van der Waals surface area contributed by atoms with Gasteiger partial charge in [-0.15, -0.1) is 22.0 Å². The Morgan fingerprint density at radius 1 is 1.26 bits per heavy atom. The zero-order chi connectivity index (χ0) is 16.4. The highest BCUT2D eigenvalue weighted by molar-refractivity contribution is 7.98. The first-order chi connectivity index (χ1) is 11.1. The molecule has 0 aliphatic carbocycles. The number of hydrogen-bond acceptors (Lipinski definition) is 5. The number of fused-ring (bicyclic) bond motifs is 1. The first-order valence-electron chi connectivity index (χ1n) is 7.24. The SMILES string of the molecule is CSc1ccc2cc(CSc3nncn3C(C)C)c(Cl)nc2c1. The molecule has 1 aromatic carbocycles. The molecule has 120 valence electrons. The van der Waals surface area contributed by atoms with Crippen molar-refractivity contribution in [1.82, 2.24) is 19.7 Å². The second kappa shape index (κ2) is 7.11. The maximum absolute atomic E-state index is 6.37. The molecular formula is C16H17ClN4S2. The van der Waals surface area contributed by atoms with E-state index < -0.39 is 0 Å². The van der Waals surface area contributed by atoms with Crippen molar-refractivity contribution in [3.63, 3.8) is 0 Å².